The molecular formula is C13H18N2. The van der Waals surface area contributed by atoms with Gasteiger partial charge in [0.05, 0.1) is 6.54 Å². The van der Waals surface area contributed by atoms with E-state index in [4.69, 9.17) is 0 Å². The Bertz CT molecular complexity index is 334. The third-order valence-corrected chi connectivity index (χ3v) is 2.87. The fraction of sp³-hybridized carbons (Fsp3) is 0.462. The van der Waals surface area contributed by atoms with Crippen LogP contribution in [0.3, 0.4) is 0 Å². The molecule has 1 aliphatic carbocycles. The first-order valence-corrected chi connectivity index (χ1v) is 5.64. The Hall–Kier alpha value is -1.15. The highest BCUT2D eigenvalue weighted by molar-refractivity contribution is 5.75. The predicted molar refractivity (Wildman–Crippen MR) is 65.4 cm³/mol. The Kier molecular flexibility index (Phi) is 3.51. The molecule has 2 rings (SSSR count). The van der Waals surface area contributed by atoms with Gasteiger partial charge in [-0.15, -0.1) is 0 Å². The summed E-state index contributed by atoms with van der Waals surface area (Å²) in [6.07, 6.45) is 13.2. The molecular weight excluding hydrogens is 184 g/mol. The molecule has 1 atom stereocenters. The SMILES string of the molecule is CC(NCC1=CC=NC1)C1=CCCC=C1. The lowest BCUT2D eigenvalue weighted by Crippen LogP contribution is -2.29. The smallest absolute Gasteiger partial charge is 0.0615 e. The van der Waals surface area contributed by atoms with E-state index in [0.717, 1.165) is 13.1 Å². The molecule has 0 aromatic carbocycles. The third kappa shape index (κ3) is 2.90. The first-order valence-electron chi connectivity index (χ1n) is 5.64. The van der Waals surface area contributed by atoms with Crippen molar-refractivity contribution in [2.24, 2.45) is 4.99 Å². The van der Waals surface area contributed by atoms with Crippen molar-refractivity contribution in [3.8, 4) is 0 Å². The molecule has 0 fully saturated rings. The zero-order valence-electron chi connectivity index (χ0n) is 9.24. The molecule has 0 bridgehead atoms. The highest BCUT2D eigenvalue weighted by Gasteiger charge is 2.08. The first kappa shape index (κ1) is 10.4. The van der Waals surface area contributed by atoms with Gasteiger partial charge in [0.1, 0.15) is 0 Å². The van der Waals surface area contributed by atoms with Crippen molar-refractivity contribution in [3.63, 3.8) is 0 Å². The van der Waals surface area contributed by atoms with Crippen LogP contribution in [0.4, 0.5) is 0 Å². The van der Waals surface area contributed by atoms with Crippen molar-refractivity contribution < 1.29 is 0 Å². The molecule has 0 aromatic rings. The summed E-state index contributed by atoms with van der Waals surface area (Å²) in [5.41, 5.74) is 2.79. The Balaban J connectivity index is 1.79. The van der Waals surface area contributed by atoms with Gasteiger partial charge in [-0.2, -0.15) is 0 Å². The first-order chi connectivity index (χ1) is 7.36. The van der Waals surface area contributed by atoms with Gasteiger partial charge in [-0.1, -0.05) is 18.2 Å². The van der Waals surface area contributed by atoms with Crippen molar-refractivity contribution in [1.29, 1.82) is 0 Å². The average molecular weight is 202 g/mol. The standard InChI is InChI=1S/C13H18N2/c1-11(13-5-3-2-4-6-13)15-10-12-7-8-14-9-12/h3,5-8,11,15H,2,4,9-10H2,1H3. The average Bonchev–Trinajstić information content (AvgIpc) is 2.80. The number of rotatable bonds is 4. The van der Waals surface area contributed by atoms with Gasteiger partial charge < -0.3 is 5.32 Å². The lowest BCUT2D eigenvalue weighted by Gasteiger charge is -2.17. The molecule has 1 aliphatic heterocycles. The van der Waals surface area contributed by atoms with Crippen molar-refractivity contribution in [1.82, 2.24) is 5.32 Å². The zero-order valence-corrected chi connectivity index (χ0v) is 9.24. The fourth-order valence-corrected chi connectivity index (χ4v) is 1.85. The van der Waals surface area contributed by atoms with E-state index in [1.807, 2.05) is 6.21 Å². The van der Waals surface area contributed by atoms with Crippen molar-refractivity contribution in [2.45, 2.75) is 25.8 Å². The molecule has 1 unspecified atom stereocenters. The maximum absolute atomic E-state index is 4.17. The van der Waals surface area contributed by atoms with Crippen molar-refractivity contribution in [3.05, 3.63) is 35.5 Å². The van der Waals surface area contributed by atoms with Crippen LogP contribution in [0.2, 0.25) is 0 Å². The van der Waals surface area contributed by atoms with Gasteiger partial charge >= 0.3 is 0 Å². The zero-order chi connectivity index (χ0) is 10.5. The van der Waals surface area contributed by atoms with E-state index >= 15 is 0 Å². The van der Waals surface area contributed by atoms with E-state index < -0.39 is 0 Å². The maximum atomic E-state index is 4.17. The topological polar surface area (TPSA) is 24.4 Å². The largest absolute Gasteiger partial charge is 0.306 e. The number of aliphatic imine (C=N–C) groups is 1. The lowest BCUT2D eigenvalue weighted by atomic mass is 10.0. The number of hydrogen-bond acceptors (Lipinski definition) is 2. The molecule has 0 saturated heterocycles. The molecule has 80 valence electrons. The summed E-state index contributed by atoms with van der Waals surface area (Å²) < 4.78 is 0. The molecule has 0 spiro atoms. The van der Waals surface area contributed by atoms with Gasteiger partial charge in [-0.05, 0) is 37.0 Å². The summed E-state index contributed by atoms with van der Waals surface area (Å²) in [5, 5.41) is 3.53. The molecule has 15 heavy (non-hydrogen) atoms. The summed E-state index contributed by atoms with van der Waals surface area (Å²) in [6, 6.07) is 0.447. The normalized spacial score (nSPS) is 21.4. The third-order valence-electron chi connectivity index (χ3n) is 2.87. The highest BCUT2D eigenvalue weighted by Crippen LogP contribution is 2.13. The number of hydrogen-bond donors (Lipinski definition) is 1. The van der Waals surface area contributed by atoms with Crippen LogP contribution in [0, 0.1) is 0 Å². The lowest BCUT2D eigenvalue weighted by molar-refractivity contribution is 0.645. The second-order valence-corrected chi connectivity index (χ2v) is 4.10. The quantitative estimate of drug-likeness (QED) is 0.743. The van der Waals surface area contributed by atoms with E-state index in [-0.39, 0.29) is 0 Å². The molecule has 2 heteroatoms. The van der Waals surface area contributed by atoms with E-state index in [1.54, 1.807) is 0 Å². The minimum Gasteiger partial charge on any atom is -0.306 e. The highest BCUT2D eigenvalue weighted by atomic mass is 14.9. The van der Waals surface area contributed by atoms with Gasteiger partial charge in [0.25, 0.3) is 0 Å². The summed E-state index contributed by atoms with van der Waals surface area (Å²) in [7, 11) is 0. The maximum Gasteiger partial charge on any atom is 0.0615 e. The van der Waals surface area contributed by atoms with Gasteiger partial charge in [0, 0.05) is 18.8 Å². The van der Waals surface area contributed by atoms with Gasteiger partial charge in [0.15, 0.2) is 0 Å². The van der Waals surface area contributed by atoms with Crippen LogP contribution >= 0.6 is 0 Å². The van der Waals surface area contributed by atoms with Crippen LogP contribution < -0.4 is 5.32 Å². The fourth-order valence-electron chi connectivity index (χ4n) is 1.85. The van der Waals surface area contributed by atoms with Crippen LogP contribution in [0.1, 0.15) is 19.8 Å². The van der Waals surface area contributed by atoms with Gasteiger partial charge in [-0.25, -0.2) is 0 Å². The van der Waals surface area contributed by atoms with Crippen LogP contribution in [0.15, 0.2) is 40.4 Å². The van der Waals surface area contributed by atoms with E-state index in [2.05, 4.69) is 41.5 Å². The minimum atomic E-state index is 0.447. The number of allylic oxidation sites excluding steroid dienone is 3. The molecule has 0 aromatic heterocycles. The Labute approximate surface area is 91.5 Å². The van der Waals surface area contributed by atoms with Crippen molar-refractivity contribution >= 4 is 6.21 Å². The minimum absolute atomic E-state index is 0.447. The van der Waals surface area contributed by atoms with Gasteiger partial charge in [0.2, 0.25) is 0 Å². The van der Waals surface area contributed by atoms with Crippen molar-refractivity contribution in [2.75, 3.05) is 13.1 Å². The monoisotopic (exact) mass is 202 g/mol. The van der Waals surface area contributed by atoms with Crippen LogP contribution in [0.25, 0.3) is 0 Å². The number of nitrogens with zero attached hydrogens (tertiary/aromatic N) is 1. The Morgan fingerprint density at radius 2 is 2.40 bits per heavy atom. The van der Waals surface area contributed by atoms with Crippen LogP contribution in [0.5, 0.6) is 0 Å². The Morgan fingerprint density at radius 1 is 1.47 bits per heavy atom. The molecule has 0 radical (unpaired) electrons. The number of nitrogens with one attached hydrogen (secondary N) is 1. The summed E-state index contributed by atoms with van der Waals surface area (Å²) in [5.74, 6) is 0. The summed E-state index contributed by atoms with van der Waals surface area (Å²) >= 11 is 0. The predicted octanol–water partition coefficient (Wildman–Crippen LogP) is 2.25. The van der Waals surface area contributed by atoms with E-state index in [9.17, 15) is 0 Å². The Morgan fingerprint density at radius 3 is 3.07 bits per heavy atom. The van der Waals surface area contributed by atoms with Gasteiger partial charge in [-0.3, -0.25) is 4.99 Å². The van der Waals surface area contributed by atoms with E-state index in [1.165, 1.54) is 24.0 Å². The molecule has 1 N–H and O–H groups in total. The molecule has 2 nitrogen and oxygen atoms in total. The van der Waals surface area contributed by atoms with E-state index in [0.29, 0.717) is 6.04 Å². The molecule has 0 saturated carbocycles. The summed E-state index contributed by atoms with van der Waals surface area (Å²) in [4.78, 5) is 4.17. The van der Waals surface area contributed by atoms with Crippen LogP contribution in [-0.4, -0.2) is 25.3 Å². The second kappa shape index (κ2) is 5.08. The summed E-state index contributed by atoms with van der Waals surface area (Å²) in [6.45, 7) is 4.04. The molecule has 1 heterocycles. The second-order valence-electron chi connectivity index (χ2n) is 4.10. The molecule has 0 amide bonds. The van der Waals surface area contributed by atoms with Crippen LogP contribution in [-0.2, 0) is 0 Å². The molecule has 2 aliphatic rings.